The standard InChI is InChI=1S/C22H27ClN2O2/c1-3-9-21(26)25(16-18-12-8-13-19(23)14-18)20(22(27)24-4-2)15-17-10-6-5-7-11-17/h5-8,10-14,20H,3-4,9,15-16H2,1-2H3,(H,24,27)/t20-/m0/s1. The molecule has 144 valence electrons. The van der Waals surface area contributed by atoms with E-state index in [2.05, 4.69) is 5.32 Å². The third-order valence-corrected chi connectivity index (χ3v) is 4.56. The number of rotatable bonds is 9. The van der Waals surface area contributed by atoms with Crippen molar-refractivity contribution in [1.82, 2.24) is 10.2 Å². The summed E-state index contributed by atoms with van der Waals surface area (Å²) in [4.78, 5) is 27.4. The Bertz CT molecular complexity index is 749. The van der Waals surface area contributed by atoms with Crippen molar-refractivity contribution in [3.8, 4) is 0 Å². The summed E-state index contributed by atoms with van der Waals surface area (Å²) in [5, 5.41) is 3.50. The average Bonchev–Trinajstić information content (AvgIpc) is 2.66. The molecule has 0 spiro atoms. The van der Waals surface area contributed by atoms with Crippen LogP contribution in [0.5, 0.6) is 0 Å². The highest BCUT2D eigenvalue weighted by Gasteiger charge is 2.29. The lowest BCUT2D eigenvalue weighted by atomic mass is 10.0. The molecule has 0 saturated carbocycles. The molecule has 0 radical (unpaired) electrons. The van der Waals surface area contributed by atoms with Crippen molar-refractivity contribution in [1.29, 1.82) is 0 Å². The minimum atomic E-state index is -0.564. The van der Waals surface area contributed by atoms with E-state index >= 15 is 0 Å². The third kappa shape index (κ3) is 6.40. The second-order valence-corrected chi connectivity index (χ2v) is 6.94. The zero-order valence-corrected chi connectivity index (χ0v) is 16.7. The zero-order valence-electron chi connectivity index (χ0n) is 16.0. The van der Waals surface area contributed by atoms with Gasteiger partial charge < -0.3 is 10.2 Å². The summed E-state index contributed by atoms with van der Waals surface area (Å²) in [7, 11) is 0. The molecule has 0 bridgehead atoms. The molecule has 0 aliphatic rings. The van der Waals surface area contributed by atoms with Gasteiger partial charge in [0.15, 0.2) is 0 Å². The molecule has 5 heteroatoms. The number of likely N-dealkylation sites (N-methyl/N-ethyl adjacent to an activating group) is 1. The van der Waals surface area contributed by atoms with Gasteiger partial charge in [0.2, 0.25) is 11.8 Å². The second kappa shape index (κ2) is 10.7. The van der Waals surface area contributed by atoms with Crippen LogP contribution in [0.4, 0.5) is 0 Å². The Kier molecular flexibility index (Phi) is 8.34. The number of nitrogens with zero attached hydrogens (tertiary/aromatic N) is 1. The average molecular weight is 387 g/mol. The highest BCUT2D eigenvalue weighted by Crippen LogP contribution is 2.18. The number of amides is 2. The Morgan fingerprint density at radius 3 is 2.37 bits per heavy atom. The van der Waals surface area contributed by atoms with E-state index in [9.17, 15) is 9.59 Å². The van der Waals surface area contributed by atoms with Crippen LogP contribution in [0.1, 0.15) is 37.8 Å². The maximum Gasteiger partial charge on any atom is 0.243 e. The number of nitrogens with one attached hydrogen (secondary N) is 1. The van der Waals surface area contributed by atoms with Crippen molar-refractivity contribution in [2.24, 2.45) is 0 Å². The molecule has 2 amide bonds. The van der Waals surface area contributed by atoms with E-state index in [0.717, 1.165) is 17.5 Å². The van der Waals surface area contributed by atoms with Gasteiger partial charge in [-0.25, -0.2) is 0 Å². The number of halogens is 1. The Hall–Kier alpha value is -2.33. The fourth-order valence-electron chi connectivity index (χ4n) is 3.04. The summed E-state index contributed by atoms with van der Waals surface area (Å²) in [6, 6.07) is 16.6. The van der Waals surface area contributed by atoms with Gasteiger partial charge in [0.1, 0.15) is 6.04 Å². The predicted octanol–water partition coefficient (Wildman–Crippen LogP) is 4.22. The predicted molar refractivity (Wildman–Crippen MR) is 110 cm³/mol. The van der Waals surface area contributed by atoms with E-state index in [-0.39, 0.29) is 11.8 Å². The summed E-state index contributed by atoms with van der Waals surface area (Å²) in [5.74, 6) is -0.155. The normalized spacial score (nSPS) is 11.7. The molecule has 2 aromatic rings. The number of hydrogen-bond acceptors (Lipinski definition) is 2. The fraction of sp³-hybridized carbons (Fsp3) is 0.364. The molecule has 0 aromatic heterocycles. The van der Waals surface area contributed by atoms with Gasteiger partial charge in [0.05, 0.1) is 0 Å². The Labute approximate surface area is 166 Å². The van der Waals surface area contributed by atoms with Crippen LogP contribution in [0, 0.1) is 0 Å². The van der Waals surface area contributed by atoms with E-state index in [1.165, 1.54) is 0 Å². The first-order valence-corrected chi connectivity index (χ1v) is 9.78. The molecule has 1 atom stereocenters. The molecule has 4 nitrogen and oxygen atoms in total. The molecule has 0 aliphatic carbocycles. The lowest BCUT2D eigenvalue weighted by molar-refractivity contribution is -0.141. The lowest BCUT2D eigenvalue weighted by Gasteiger charge is -2.31. The van der Waals surface area contributed by atoms with Gasteiger partial charge >= 0.3 is 0 Å². The first kappa shape index (κ1) is 21.0. The van der Waals surface area contributed by atoms with E-state index in [1.54, 1.807) is 11.0 Å². The molecular formula is C22H27ClN2O2. The van der Waals surface area contributed by atoms with Gasteiger partial charge in [-0.1, -0.05) is 61.0 Å². The summed E-state index contributed by atoms with van der Waals surface area (Å²) in [5.41, 5.74) is 1.93. The first-order chi connectivity index (χ1) is 13.0. The zero-order chi connectivity index (χ0) is 19.6. The molecule has 1 N–H and O–H groups in total. The Morgan fingerprint density at radius 1 is 1.04 bits per heavy atom. The number of hydrogen-bond donors (Lipinski definition) is 1. The van der Waals surface area contributed by atoms with Crippen molar-refractivity contribution >= 4 is 23.4 Å². The van der Waals surface area contributed by atoms with Crippen molar-refractivity contribution < 1.29 is 9.59 Å². The second-order valence-electron chi connectivity index (χ2n) is 6.50. The van der Waals surface area contributed by atoms with Crippen LogP contribution in [0.3, 0.4) is 0 Å². The van der Waals surface area contributed by atoms with Crippen LogP contribution in [-0.4, -0.2) is 29.3 Å². The minimum Gasteiger partial charge on any atom is -0.355 e. The topological polar surface area (TPSA) is 49.4 Å². The van der Waals surface area contributed by atoms with Crippen LogP contribution in [-0.2, 0) is 22.6 Å². The van der Waals surface area contributed by atoms with Crippen LogP contribution < -0.4 is 5.32 Å². The minimum absolute atomic E-state index is 0.0235. The van der Waals surface area contributed by atoms with E-state index < -0.39 is 6.04 Å². The van der Waals surface area contributed by atoms with Crippen molar-refractivity contribution in [3.63, 3.8) is 0 Å². The Morgan fingerprint density at radius 2 is 1.74 bits per heavy atom. The van der Waals surface area contributed by atoms with Crippen LogP contribution in [0.25, 0.3) is 0 Å². The van der Waals surface area contributed by atoms with Gasteiger partial charge in [0, 0.05) is 31.0 Å². The molecule has 2 rings (SSSR count). The Balaban J connectivity index is 2.34. The van der Waals surface area contributed by atoms with Crippen molar-refractivity contribution in [2.45, 2.75) is 45.7 Å². The largest absolute Gasteiger partial charge is 0.355 e. The number of benzene rings is 2. The molecule has 0 saturated heterocycles. The van der Waals surface area contributed by atoms with Crippen LogP contribution in [0.15, 0.2) is 54.6 Å². The van der Waals surface area contributed by atoms with Crippen LogP contribution in [0.2, 0.25) is 5.02 Å². The molecular weight excluding hydrogens is 360 g/mol. The molecule has 2 aromatic carbocycles. The lowest BCUT2D eigenvalue weighted by Crippen LogP contribution is -2.50. The van der Waals surface area contributed by atoms with E-state index in [1.807, 2.05) is 62.4 Å². The molecule has 0 fully saturated rings. The maximum atomic E-state index is 12.9. The summed E-state index contributed by atoms with van der Waals surface area (Å²) in [6.45, 7) is 4.73. The summed E-state index contributed by atoms with van der Waals surface area (Å²) >= 11 is 6.11. The van der Waals surface area contributed by atoms with Gasteiger partial charge in [0.25, 0.3) is 0 Å². The molecule has 0 aliphatic heterocycles. The van der Waals surface area contributed by atoms with E-state index in [4.69, 9.17) is 11.6 Å². The highest BCUT2D eigenvalue weighted by atomic mass is 35.5. The number of carbonyl (C=O) groups is 2. The van der Waals surface area contributed by atoms with Crippen molar-refractivity contribution in [2.75, 3.05) is 6.54 Å². The van der Waals surface area contributed by atoms with Gasteiger partial charge in [-0.3, -0.25) is 9.59 Å². The van der Waals surface area contributed by atoms with Crippen LogP contribution >= 0.6 is 11.6 Å². The number of carbonyl (C=O) groups excluding carboxylic acids is 2. The smallest absolute Gasteiger partial charge is 0.243 e. The van der Waals surface area contributed by atoms with Gasteiger partial charge in [-0.2, -0.15) is 0 Å². The molecule has 27 heavy (non-hydrogen) atoms. The molecule has 0 heterocycles. The summed E-state index contributed by atoms with van der Waals surface area (Å²) in [6.07, 6.45) is 1.62. The highest BCUT2D eigenvalue weighted by molar-refractivity contribution is 6.30. The monoisotopic (exact) mass is 386 g/mol. The van der Waals surface area contributed by atoms with E-state index in [0.29, 0.717) is 31.0 Å². The van der Waals surface area contributed by atoms with Gasteiger partial charge in [-0.05, 0) is 36.6 Å². The fourth-order valence-corrected chi connectivity index (χ4v) is 3.25. The van der Waals surface area contributed by atoms with Gasteiger partial charge in [-0.15, -0.1) is 0 Å². The first-order valence-electron chi connectivity index (χ1n) is 9.40. The quantitative estimate of drug-likeness (QED) is 0.701. The third-order valence-electron chi connectivity index (χ3n) is 4.33. The van der Waals surface area contributed by atoms with Crippen molar-refractivity contribution in [3.05, 3.63) is 70.7 Å². The molecule has 0 unspecified atom stereocenters. The maximum absolute atomic E-state index is 12.9. The SMILES string of the molecule is CCCC(=O)N(Cc1cccc(Cl)c1)[C@@H](Cc1ccccc1)C(=O)NCC. The summed E-state index contributed by atoms with van der Waals surface area (Å²) < 4.78 is 0.